The highest BCUT2D eigenvalue weighted by Gasteiger charge is 2.18. The van der Waals surface area contributed by atoms with Crippen molar-refractivity contribution in [2.24, 2.45) is 0 Å². The van der Waals surface area contributed by atoms with Crippen molar-refractivity contribution >= 4 is 24.0 Å². The lowest BCUT2D eigenvalue weighted by atomic mass is 10.3. The maximum absolute atomic E-state index is 12.5. The first-order valence-electron chi connectivity index (χ1n) is 19.1. The number of hydrogen-bond donors (Lipinski definition) is 2. The van der Waals surface area contributed by atoms with E-state index in [1.807, 2.05) is 36.4 Å². The minimum atomic E-state index is -0.721. The van der Waals surface area contributed by atoms with Crippen LogP contribution in [0, 0.1) is 0 Å². The summed E-state index contributed by atoms with van der Waals surface area (Å²) in [4.78, 5) is 47.2. The lowest BCUT2D eigenvalue weighted by Gasteiger charge is -2.19. The molecule has 2 unspecified atom stereocenters. The molecule has 0 aliphatic heterocycles. The smallest absolute Gasteiger partial charge is 0.407 e. The predicted molar refractivity (Wildman–Crippen MR) is 216 cm³/mol. The summed E-state index contributed by atoms with van der Waals surface area (Å²) in [5.41, 5.74) is 0. The monoisotopic (exact) mass is 822 g/mol. The highest BCUT2D eigenvalue weighted by Crippen LogP contribution is 2.19. The highest BCUT2D eigenvalue weighted by molar-refractivity contribution is 5.81. The molecule has 0 saturated carbocycles. The number of alkyl carbamates (subject to hydrolysis) is 1. The Labute approximate surface area is 344 Å². The van der Waals surface area contributed by atoms with Crippen molar-refractivity contribution in [1.29, 1.82) is 0 Å². The Morgan fingerprint density at radius 2 is 1.03 bits per heavy atom. The van der Waals surface area contributed by atoms with Gasteiger partial charge in [-0.15, -0.1) is 0 Å². The number of amides is 1. The molecule has 16 nitrogen and oxygen atoms in total. The molecule has 0 bridgehead atoms. The molecule has 0 aliphatic carbocycles. The van der Waals surface area contributed by atoms with E-state index in [0.29, 0.717) is 42.4 Å². The van der Waals surface area contributed by atoms with E-state index < -0.39 is 36.2 Å². The number of nitrogens with one attached hydrogen (secondary N) is 2. The second-order valence-electron chi connectivity index (χ2n) is 12.3. The highest BCUT2D eigenvalue weighted by atomic mass is 16.6. The third-order valence-electron chi connectivity index (χ3n) is 7.52. The van der Waals surface area contributed by atoms with Crippen molar-refractivity contribution in [3.8, 4) is 23.0 Å². The Kier molecular flexibility index (Phi) is 24.1. The first kappa shape index (κ1) is 47.3. The maximum atomic E-state index is 12.5. The number of carbonyl (C=O) groups is 4. The Morgan fingerprint density at radius 3 is 1.56 bits per heavy atom. The van der Waals surface area contributed by atoms with Gasteiger partial charge in [0.05, 0.1) is 46.2 Å². The average Bonchev–Trinajstić information content (AvgIpc) is 3.25. The van der Waals surface area contributed by atoms with Crippen LogP contribution in [0.1, 0.15) is 12.8 Å². The van der Waals surface area contributed by atoms with Crippen molar-refractivity contribution in [2.75, 3.05) is 85.7 Å². The van der Waals surface area contributed by atoms with Crippen LogP contribution in [0.3, 0.4) is 0 Å². The largest absolute Gasteiger partial charge is 0.491 e. The van der Waals surface area contributed by atoms with Gasteiger partial charge in [-0.25, -0.2) is 14.4 Å². The summed E-state index contributed by atoms with van der Waals surface area (Å²) >= 11 is 0. The van der Waals surface area contributed by atoms with Gasteiger partial charge in [0.1, 0.15) is 49.4 Å². The first-order chi connectivity index (χ1) is 28.8. The Balaban J connectivity index is 1.36. The minimum Gasteiger partial charge on any atom is -0.491 e. The number of esters is 3. The number of para-hydroxylation sites is 2. The van der Waals surface area contributed by atoms with Crippen LogP contribution in [0.15, 0.2) is 110 Å². The lowest BCUT2D eigenvalue weighted by molar-refractivity contribution is -0.153. The van der Waals surface area contributed by atoms with Gasteiger partial charge >= 0.3 is 24.0 Å². The second kappa shape index (κ2) is 30.0. The van der Waals surface area contributed by atoms with Crippen LogP contribution in [0.2, 0.25) is 0 Å². The number of benzene rings is 3. The van der Waals surface area contributed by atoms with Crippen LogP contribution in [-0.4, -0.2) is 122 Å². The summed E-state index contributed by atoms with van der Waals surface area (Å²) in [5.74, 6) is 0.848. The Bertz CT molecular complexity index is 1660. The fraction of sp³-hybridized carbons (Fsp3) is 0.395. The Morgan fingerprint density at radius 1 is 0.542 bits per heavy atom. The summed E-state index contributed by atoms with van der Waals surface area (Å²) in [6, 6.07) is 25.4. The molecule has 16 heteroatoms. The fourth-order valence-corrected chi connectivity index (χ4v) is 4.70. The number of carbonyl (C=O) groups excluding carboxylic acids is 4. The summed E-state index contributed by atoms with van der Waals surface area (Å²) in [6.07, 6.45) is 1.03. The molecule has 0 heterocycles. The van der Waals surface area contributed by atoms with Gasteiger partial charge in [0.15, 0.2) is 12.2 Å². The molecule has 0 saturated heterocycles. The number of hydrogen-bond acceptors (Lipinski definition) is 15. The van der Waals surface area contributed by atoms with E-state index in [1.54, 1.807) is 48.5 Å². The van der Waals surface area contributed by atoms with Crippen molar-refractivity contribution < 1.29 is 66.5 Å². The molecule has 59 heavy (non-hydrogen) atoms. The molecule has 3 rings (SSSR count). The molecule has 1 amide bonds. The summed E-state index contributed by atoms with van der Waals surface area (Å²) in [5, 5.41) is 5.58. The molecule has 2 N–H and O–H groups in total. The molecule has 0 aromatic heterocycles. The summed E-state index contributed by atoms with van der Waals surface area (Å²) < 4.78 is 55.7. The lowest BCUT2D eigenvalue weighted by Crippen LogP contribution is -2.36. The maximum Gasteiger partial charge on any atom is 0.407 e. The van der Waals surface area contributed by atoms with Gasteiger partial charge in [-0.1, -0.05) is 55.6 Å². The van der Waals surface area contributed by atoms with Crippen molar-refractivity contribution in [3.63, 3.8) is 0 Å². The van der Waals surface area contributed by atoms with E-state index in [1.165, 1.54) is 0 Å². The van der Waals surface area contributed by atoms with Crippen LogP contribution in [-0.2, 0) is 42.8 Å². The third kappa shape index (κ3) is 23.0. The molecule has 2 atom stereocenters. The summed E-state index contributed by atoms with van der Waals surface area (Å²) in [6.45, 7) is 8.77. The average molecular weight is 823 g/mol. The van der Waals surface area contributed by atoms with Gasteiger partial charge in [0, 0.05) is 24.8 Å². The summed E-state index contributed by atoms with van der Waals surface area (Å²) in [7, 11) is 0. The van der Waals surface area contributed by atoms with Gasteiger partial charge in [0.2, 0.25) is 0 Å². The van der Waals surface area contributed by atoms with Gasteiger partial charge in [-0.3, -0.25) is 4.79 Å². The molecule has 320 valence electrons. The molecule has 0 spiro atoms. The van der Waals surface area contributed by atoms with Gasteiger partial charge in [-0.2, -0.15) is 0 Å². The van der Waals surface area contributed by atoms with Crippen LogP contribution >= 0.6 is 0 Å². The molecule has 3 aromatic rings. The minimum absolute atomic E-state index is 0.0391. The molecule has 3 aromatic carbocycles. The molecular formula is C43H54N2O14. The van der Waals surface area contributed by atoms with Crippen LogP contribution < -0.4 is 29.6 Å². The van der Waals surface area contributed by atoms with E-state index in [2.05, 4.69) is 23.8 Å². The zero-order valence-corrected chi connectivity index (χ0v) is 33.1. The zero-order chi connectivity index (χ0) is 42.2. The zero-order valence-electron chi connectivity index (χ0n) is 33.1. The molecular weight excluding hydrogens is 768 g/mol. The normalized spacial score (nSPS) is 11.5. The standard InChI is InChI=1S/C43H54N2O14/c1-3-40(46)54-22-12-20-44-29-42(48)58-38(32-56-34-14-7-5-8-15-34)30-50-24-26-52-36-18-11-19-37(28-36)53-27-25-51-31-39(33-57-35-16-9-6-10-17-35)59-43(49)45-21-13-23-55-41(47)4-2/h3-11,14-19,28,38-39,44H,1-2,12-13,20-27,29-33H2,(H,45,49). The van der Waals surface area contributed by atoms with E-state index in [0.717, 1.165) is 12.2 Å². The van der Waals surface area contributed by atoms with E-state index >= 15 is 0 Å². The van der Waals surface area contributed by atoms with Crippen molar-refractivity contribution in [3.05, 3.63) is 110 Å². The van der Waals surface area contributed by atoms with E-state index in [9.17, 15) is 19.2 Å². The predicted octanol–water partition coefficient (Wildman–Crippen LogP) is 4.47. The van der Waals surface area contributed by atoms with Crippen LogP contribution in [0.5, 0.6) is 23.0 Å². The van der Waals surface area contributed by atoms with Gasteiger partial charge in [0.25, 0.3) is 0 Å². The topological polar surface area (TPSA) is 185 Å². The van der Waals surface area contributed by atoms with Crippen molar-refractivity contribution in [2.45, 2.75) is 25.0 Å². The molecule has 0 fully saturated rings. The second-order valence-corrected chi connectivity index (χ2v) is 12.3. The van der Waals surface area contributed by atoms with Gasteiger partial charge < -0.3 is 58.0 Å². The molecule has 0 radical (unpaired) electrons. The number of rotatable bonds is 32. The quantitative estimate of drug-likeness (QED) is 0.0389. The molecule has 0 aliphatic rings. The third-order valence-corrected chi connectivity index (χ3v) is 7.52. The SMILES string of the molecule is C=CC(=O)OCCCNCC(=O)OC(COCCOc1cccc(OCCOCC(COc2ccccc2)OC(=O)NCCCOC(=O)C=C)c1)COc1ccccc1. The van der Waals surface area contributed by atoms with Crippen molar-refractivity contribution in [1.82, 2.24) is 10.6 Å². The van der Waals surface area contributed by atoms with Crippen LogP contribution in [0.25, 0.3) is 0 Å². The fourth-order valence-electron chi connectivity index (χ4n) is 4.70. The Hall–Kier alpha value is -6.10. The van der Waals surface area contributed by atoms with Gasteiger partial charge in [-0.05, 0) is 55.8 Å². The van der Waals surface area contributed by atoms with E-state index in [4.69, 9.17) is 47.4 Å². The van der Waals surface area contributed by atoms with E-state index in [-0.39, 0.29) is 79.2 Å². The number of ether oxygens (including phenoxy) is 10. The first-order valence-corrected chi connectivity index (χ1v) is 19.1. The van der Waals surface area contributed by atoms with Crippen LogP contribution in [0.4, 0.5) is 4.79 Å².